The Bertz CT molecular complexity index is 784. The molecule has 0 aliphatic carbocycles. The van der Waals surface area contributed by atoms with E-state index in [0.29, 0.717) is 5.69 Å². The molecule has 0 atom stereocenters. The van der Waals surface area contributed by atoms with Crippen molar-refractivity contribution in [2.24, 2.45) is 0 Å². The lowest BCUT2D eigenvalue weighted by atomic mass is 10.2. The molecule has 3 rings (SSSR count). The molecule has 20 heavy (non-hydrogen) atoms. The average Bonchev–Trinajstić information content (AvgIpc) is 2.91. The predicted octanol–water partition coefficient (Wildman–Crippen LogP) is 2.66. The van der Waals surface area contributed by atoms with Gasteiger partial charge in [-0.05, 0) is 18.6 Å². The van der Waals surface area contributed by atoms with Crippen molar-refractivity contribution < 1.29 is 13.2 Å². The van der Waals surface area contributed by atoms with Gasteiger partial charge in [0, 0.05) is 0 Å². The molecule has 0 bridgehead atoms. The second kappa shape index (κ2) is 3.99. The van der Waals surface area contributed by atoms with Crippen LogP contribution in [0, 0.1) is 6.92 Å². The van der Waals surface area contributed by atoms with Gasteiger partial charge in [-0.3, -0.25) is 5.10 Å². The summed E-state index contributed by atoms with van der Waals surface area (Å²) in [6.45, 7) is 1.78. The molecule has 5 nitrogen and oxygen atoms in total. The van der Waals surface area contributed by atoms with Crippen molar-refractivity contribution in [3.63, 3.8) is 0 Å². The minimum atomic E-state index is -4.59. The molecule has 0 fully saturated rings. The summed E-state index contributed by atoms with van der Waals surface area (Å²) in [4.78, 5) is 0. The average molecular weight is 281 g/mol. The van der Waals surface area contributed by atoms with Crippen molar-refractivity contribution >= 4 is 16.9 Å². The van der Waals surface area contributed by atoms with Gasteiger partial charge in [0.05, 0.1) is 11.1 Å². The number of aromatic nitrogens is 4. The van der Waals surface area contributed by atoms with Gasteiger partial charge >= 0.3 is 6.18 Å². The third kappa shape index (κ3) is 1.72. The Labute approximate surface area is 111 Å². The number of para-hydroxylation sites is 1. The monoisotopic (exact) mass is 281 g/mol. The fraction of sp³-hybridized carbons (Fsp3) is 0.167. The van der Waals surface area contributed by atoms with E-state index < -0.39 is 11.9 Å². The lowest BCUT2D eigenvalue weighted by Crippen LogP contribution is -2.09. The quantitative estimate of drug-likeness (QED) is 0.720. The van der Waals surface area contributed by atoms with Crippen LogP contribution in [0.1, 0.15) is 11.3 Å². The van der Waals surface area contributed by atoms with E-state index in [0.717, 1.165) is 10.2 Å². The standard InChI is InChI=1S/C12H10F3N5/c1-6-4-2-3-5-7(6)20-11-8(10(16)17-18-11)9(19-20)12(13,14)15/h2-5H,1H3,(H3,16,17,18). The maximum Gasteiger partial charge on any atom is 0.436 e. The van der Waals surface area contributed by atoms with Gasteiger partial charge in [0.1, 0.15) is 5.82 Å². The summed E-state index contributed by atoms with van der Waals surface area (Å²) in [7, 11) is 0. The Balaban J connectivity index is 2.36. The minimum absolute atomic E-state index is 0.0594. The van der Waals surface area contributed by atoms with Gasteiger partial charge in [0.2, 0.25) is 0 Å². The molecule has 0 saturated carbocycles. The van der Waals surface area contributed by atoms with E-state index in [9.17, 15) is 13.2 Å². The van der Waals surface area contributed by atoms with Crippen LogP contribution in [-0.2, 0) is 6.18 Å². The summed E-state index contributed by atoms with van der Waals surface area (Å²) < 4.78 is 40.2. The van der Waals surface area contributed by atoms with Gasteiger partial charge in [0.15, 0.2) is 11.3 Å². The van der Waals surface area contributed by atoms with E-state index in [2.05, 4.69) is 15.3 Å². The van der Waals surface area contributed by atoms with Crippen molar-refractivity contribution in [1.29, 1.82) is 0 Å². The number of benzene rings is 1. The molecule has 0 spiro atoms. The number of nitrogens with two attached hydrogens (primary N) is 1. The number of nitrogens with zero attached hydrogens (tertiary/aromatic N) is 3. The molecule has 0 aliphatic rings. The SMILES string of the molecule is Cc1ccccc1-n1nc(C(F)(F)F)c2c(N)[nH]nc21. The number of fused-ring (bicyclic) bond motifs is 1. The number of hydrogen-bond donors (Lipinski definition) is 2. The van der Waals surface area contributed by atoms with Gasteiger partial charge in [-0.15, -0.1) is 0 Å². The van der Waals surface area contributed by atoms with Gasteiger partial charge in [-0.25, -0.2) is 4.68 Å². The van der Waals surface area contributed by atoms with Crippen LogP contribution in [0.25, 0.3) is 16.7 Å². The predicted molar refractivity (Wildman–Crippen MR) is 67.4 cm³/mol. The minimum Gasteiger partial charge on any atom is -0.383 e. The zero-order valence-corrected chi connectivity index (χ0v) is 10.4. The van der Waals surface area contributed by atoms with Gasteiger partial charge in [-0.2, -0.15) is 23.4 Å². The summed E-state index contributed by atoms with van der Waals surface area (Å²) in [5, 5.41) is 9.62. The fourth-order valence-corrected chi connectivity index (χ4v) is 2.10. The Hall–Kier alpha value is -2.51. The molecule has 0 radical (unpaired) electrons. The number of nitrogens with one attached hydrogen (secondary N) is 1. The molecule has 8 heteroatoms. The lowest BCUT2D eigenvalue weighted by molar-refractivity contribution is -0.140. The smallest absolute Gasteiger partial charge is 0.383 e. The third-order valence-corrected chi connectivity index (χ3v) is 3.02. The number of rotatable bonds is 1. The van der Waals surface area contributed by atoms with E-state index in [1.165, 1.54) is 0 Å². The maximum absolute atomic E-state index is 13.0. The van der Waals surface area contributed by atoms with Crippen molar-refractivity contribution in [2.45, 2.75) is 13.1 Å². The van der Waals surface area contributed by atoms with E-state index in [1.807, 2.05) is 0 Å². The normalized spacial score (nSPS) is 12.2. The number of hydrogen-bond acceptors (Lipinski definition) is 3. The molecular formula is C12H10F3N5. The molecule has 0 saturated heterocycles. The number of H-pyrrole nitrogens is 1. The van der Waals surface area contributed by atoms with Crippen LogP contribution in [0.3, 0.4) is 0 Å². The van der Waals surface area contributed by atoms with Crippen LogP contribution in [0.2, 0.25) is 0 Å². The molecule has 3 N–H and O–H groups in total. The first-order chi connectivity index (χ1) is 9.39. The van der Waals surface area contributed by atoms with Crippen LogP contribution in [0.4, 0.5) is 19.0 Å². The number of alkyl halides is 3. The summed E-state index contributed by atoms with van der Waals surface area (Å²) in [5.74, 6) is -0.146. The van der Waals surface area contributed by atoms with Crippen molar-refractivity contribution in [2.75, 3.05) is 5.73 Å². The Kier molecular flexibility index (Phi) is 2.50. The summed E-state index contributed by atoms with van der Waals surface area (Å²) in [6.07, 6.45) is -4.59. The first-order valence-corrected chi connectivity index (χ1v) is 5.75. The maximum atomic E-state index is 13.0. The molecule has 0 aliphatic heterocycles. The third-order valence-electron chi connectivity index (χ3n) is 3.02. The van der Waals surface area contributed by atoms with Gasteiger partial charge < -0.3 is 5.73 Å². The van der Waals surface area contributed by atoms with Crippen LogP contribution < -0.4 is 5.73 Å². The topological polar surface area (TPSA) is 72.5 Å². The lowest BCUT2D eigenvalue weighted by Gasteiger charge is -2.06. The molecular weight excluding hydrogens is 271 g/mol. The van der Waals surface area contributed by atoms with Gasteiger partial charge in [-0.1, -0.05) is 18.2 Å². The highest BCUT2D eigenvalue weighted by molar-refractivity contribution is 5.90. The fourth-order valence-electron chi connectivity index (χ4n) is 2.10. The van der Waals surface area contributed by atoms with Crippen LogP contribution in [0.5, 0.6) is 0 Å². The highest BCUT2D eigenvalue weighted by Gasteiger charge is 2.39. The molecule has 3 aromatic rings. The molecule has 2 aromatic heterocycles. The second-order valence-corrected chi connectivity index (χ2v) is 4.38. The second-order valence-electron chi connectivity index (χ2n) is 4.38. The summed E-state index contributed by atoms with van der Waals surface area (Å²) in [5.41, 5.74) is 5.86. The van der Waals surface area contributed by atoms with Crippen molar-refractivity contribution in [3.8, 4) is 5.69 Å². The summed E-state index contributed by atoms with van der Waals surface area (Å²) in [6, 6.07) is 6.97. The largest absolute Gasteiger partial charge is 0.436 e. The van der Waals surface area contributed by atoms with E-state index >= 15 is 0 Å². The first-order valence-electron chi connectivity index (χ1n) is 5.75. The molecule has 2 heterocycles. The number of halogens is 3. The van der Waals surface area contributed by atoms with E-state index in [1.54, 1.807) is 31.2 Å². The number of nitrogen functional groups attached to an aromatic ring is 1. The van der Waals surface area contributed by atoms with E-state index in [4.69, 9.17) is 5.73 Å². The molecule has 0 amide bonds. The Morgan fingerprint density at radius 2 is 1.95 bits per heavy atom. The van der Waals surface area contributed by atoms with Crippen molar-refractivity contribution in [1.82, 2.24) is 20.0 Å². The number of aromatic amines is 1. The summed E-state index contributed by atoms with van der Waals surface area (Å²) >= 11 is 0. The Morgan fingerprint density at radius 1 is 1.25 bits per heavy atom. The van der Waals surface area contributed by atoms with Crippen LogP contribution in [-0.4, -0.2) is 20.0 Å². The number of anilines is 1. The van der Waals surface area contributed by atoms with Gasteiger partial charge in [0.25, 0.3) is 0 Å². The van der Waals surface area contributed by atoms with Crippen molar-refractivity contribution in [3.05, 3.63) is 35.5 Å². The Morgan fingerprint density at radius 3 is 2.60 bits per heavy atom. The first kappa shape index (κ1) is 12.5. The number of aryl methyl sites for hydroxylation is 1. The molecule has 1 aromatic carbocycles. The highest BCUT2D eigenvalue weighted by atomic mass is 19.4. The van der Waals surface area contributed by atoms with Crippen LogP contribution in [0.15, 0.2) is 24.3 Å². The zero-order valence-electron chi connectivity index (χ0n) is 10.4. The highest BCUT2D eigenvalue weighted by Crippen LogP contribution is 2.36. The van der Waals surface area contributed by atoms with E-state index in [-0.39, 0.29) is 16.9 Å². The molecule has 0 unspecified atom stereocenters. The molecule has 104 valence electrons. The zero-order chi connectivity index (χ0) is 14.5. The van der Waals surface area contributed by atoms with Crippen LogP contribution >= 0.6 is 0 Å².